The van der Waals surface area contributed by atoms with Crippen molar-refractivity contribution in [1.82, 2.24) is 30.1 Å². The highest BCUT2D eigenvalue weighted by Gasteiger charge is 2.25. The number of rotatable bonds is 5. The zero-order valence-electron chi connectivity index (χ0n) is 13.4. The molecular weight excluding hydrogens is 268 g/mol. The van der Waals surface area contributed by atoms with Crippen LogP contribution in [0.25, 0.3) is 11.0 Å². The predicted molar refractivity (Wildman–Crippen MR) is 82.1 cm³/mol. The van der Waals surface area contributed by atoms with Crippen molar-refractivity contribution in [3.8, 4) is 0 Å². The van der Waals surface area contributed by atoms with Crippen molar-refractivity contribution in [2.24, 2.45) is 12.5 Å². The molecule has 2 aromatic rings. The molecule has 2 rings (SSSR count). The molecule has 0 saturated heterocycles. The lowest BCUT2D eigenvalue weighted by atomic mass is 9.86. The second kappa shape index (κ2) is 5.93. The number of hydrogen-bond acceptors (Lipinski definition) is 5. The Hall–Kier alpha value is -1.76. The summed E-state index contributed by atoms with van der Waals surface area (Å²) in [6.45, 7) is 10.0. The van der Waals surface area contributed by atoms with Gasteiger partial charge in [-0.05, 0) is 18.4 Å². The molecule has 21 heavy (non-hydrogen) atoms. The molecule has 1 N–H and O–H groups in total. The van der Waals surface area contributed by atoms with Crippen molar-refractivity contribution >= 4 is 11.0 Å². The fraction of sp³-hybridized carbons (Fsp3) is 0.714. The van der Waals surface area contributed by atoms with Gasteiger partial charge >= 0.3 is 0 Å². The van der Waals surface area contributed by atoms with Gasteiger partial charge in [0.1, 0.15) is 5.39 Å². The van der Waals surface area contributed by atoms with E-state index in [4.69, 9.17) is 0 Å². The normalized spacial score (nSPS) is 13.8. The summed E-state index contributed by atoms with van der Waals surface area (Å²) in [4.78, 5) is 12.5. The van der Waals surface area contributed by atoms with E-state index in [-0.39, 0.29) is 17.0 Å². The van der Waals surface area contributed by atoms with E-state index in [0.717, 1.165) is 13.0 Å². The van der Waals surface area contributed by atoms with Crippen LogP contribution in [0.4, 0.5) is 0 Å². The summed E-state index contributed by atoms with van der Waals surface area (Å²) in [7, 11) is 1.75. The molecule has 7 nitrogen and oxygen atoms in total. The lowest BCUT2D eigenvalue weighted by Gasteiger charge is -2.31. The maximum Gasteiger partial charge on any atom is 0.280 e. The van der Waals surface area contributed by atoms with E-state index >= 15 is 0 Å². The number of nitrogens with zero attached hydrogens (tertiary/aromatic N) is 5. The van der Waals surface area contributed by atoms with Gasteiger partial charge in [-0.3, -0.25) is 4.79 Å². The van der Waals surface area contributed by atoms with Gasteiger partial charge in [0.2, 0.25) is 0 Å². The Morgan fingerprint density at radius 2 is 2.10 bits per heavy atom. The first-order valence-electron chi connectivity index (χ1n) is 7.33. The van der Waals surface area contributed by atoms with Gasteiger partial charge in [-0.2, -0.15) is 5.10 Å². The van der Waals surface area contributed by atoms with Crippen molar-refractivity contribution in [1.29, 1.82) is 0 Å². The van der Waals surface area contributed by atoms with Crippen LogP contribution >= 0.6 is 0 Å². The third-order valence-electron chi connectivity index (χ3n) is 3.66. The van der Waals surface area contributed by atoms with Gasteiger partial charge < -0.3 is 5.32 Å². The second-order valence-corrected chi connectivity index (χ2v) is 6.45. The molecule has 0 aliphatic heterocycles. The zero-order chi connectivity index (χ0) is 15.6. The number of hydrogen-bond donors (Lipinski definition) is 1. The zero-order valence-corrected chi connectivity index (χ0v) is 13.4. The SMILES string of the molecule is CCCNC(Cn1nnc2c(cnn2C)c1=O)C(C)(C)C. The molecule has 2 heterocycles. The molecule has 0 saturated carbocycles. The number of fused-ring (bicyclic) bond motifs is 1. The average molecular weight is 292 g/mol. The molecule has 0 fully saturated rings. The molecule has 116 valence electrons. The van der Waals surface area contributed by atoms with E-state index in [1.165, 1.54) is 4.68 Å². The van der Waals surface area contributed by atoms with E-state index in [1.807, 2.05) is 0 Å². The Morgan fingerprint density at radius 3 is 2.71 bits per heavy atom. The second-order valence-electron chi connectivity index (χ2n) is 6.45. The minimum atomic E-state index is -0.138. The van der Waals surface area contributed by atoms with Gasteiger partial charge in [0.05, 0.1) is 12.7 Å². The predicted octanol–water partition coefficient (Wildman–Crippen LogP) is 0.939. The Morgan fingerprint density at radius 1 is 1.38 bits per heavy atom. The monoisotopic (exact) mass is 292 g/mol. The van der Waals surface area contributed by atoms with Gasteiger partial charge in [-0.1, -0.05) is 32.9 Å². The summed E-state index contributed by atoms with van der Waals surface area (Å²) in [5.74, 6) is 0. The molecule has 1 atom stereocenters. The summed E-state index contributed by atoms with van der Waals surface area (Å²) in [5, 5.41) is 16.2. The molecule has 0 bridgehead atoms. The van der Waals surface area contributed by atoms with Crippen LogP contribution in [-0.4, -0.2) is 37.4 Å². The van der Waals surface area contributed by atoms with Crippen LogP contribution < -0.4 is 10.9 Å². The van der Waals surface area contributed by atoms with Crippen LogP contribution in [0, 0.1) is 5.41 Å². The number of nitrogens with one attached hydrogen (secondary N) is 1. The topological polar surface area (TPSA) is 77.6 Å². The molecule has 0 aliphatic rings. The van der Waals surface area contributed by atoms with Crippen LogP contribution in [0.15, 0.2) is 11.0 Å². The third-order valence-corrected chi connectivity index (χ3v) is 3.66. The van der Waals surface area contributed by atoms with E-state index in [9.17, 15) is 4.79 Å². The summed E-state index contributed by atoms with van der Waals surface area (Å²) >= 11 is 0. The van der Waals surface area contributed by atoms with Crippen molar-refractivity contribution in [2.45, 2.75) is 46.7 Å². The third kappa shape index (κ3) is 3.29. The first-order chi connectivity index (χ1) is 9.84. The molecule has 0 radical (unpaired) electrons. The van der Waals surface area contributed by atoms with Crippen LogP contribution in [0.5, 0.6) is 0 Å². The van der Waals surface area contributed by atoms with Gasteiger partial charge in [-0.25, -0.2) is 9.36 Å². The standard InChI is InChI=1S/C14H24N6O/c1-6-7-15-11(14(2,3)4)9-20-13(21)10-8-16-19(5)12(10)17-18-20/h8,11,15H,6-7,9H2,1-5H3. The van der Waals surface area contributed by atoms with Crippen LogP contribution in [0.2, 0.25) is 0 Å². The van der Waals surface area contributed by atoms with E-state index < -0.39 is 0 Å². The van der Waals surface area contributed by atoms with Gasteiger partial charge in [-0.15, -0.1) is 5.10 Å². The van der Waals surface area contributed by atoms with Crippen LogP contribution in [0.3, 0.4) is 0 Å². The largest absolute Gasteiger partial charge is 0.312 e. The van der Waals surface area contributed by atoms with Gasteiger partial charge in [0.15, 0.2) is 5.65 Å². The quantitative estimate of drug-likeness (QED) is 0.887. The molecule has 2 aromatic heterocycles. The van der Waals surface area contributed by atoms with E-state index in [0.29, 0.717) is 17.6 Å². The maximum atomic E-state index is 12.5. The highest BCUT2D eigenvalue weighted by molar-refractivity contribution is 5.72. The fourth-order valence-corrected chi connectivity index (χ4v) is 2.23. The van der Waals surface area contributed by atoms with Gasteiger partial charge in [0.25, 0.3) is 5.56 Å². The minimum Gasteiger partial charge on any atom is -0.312 e. The molecule has 0 aliphatic carbocycles. The lowest BCUT2D eigenvalue weighted by molar-refractivity contribution is 0.231. The lowest BCUT2D eigenvalue weighted by Crippen LogP contribution is -2.46. The molecule has 0 amide bonds. The Balaban J connectivity index is 2.32. The Labute approximate surface area is 124 Å². The summed E-state index contributed by atoms with van der Waals surface area (Å²) in [6.07, 6.45) is 2.60. The molecule has 1 unspecified atom stereocenters. The van der Waals surface area contributed by atoms with Gasteiger partial charge in [0, 0.05) is 13.1 Å². The Bertz CT molecular complexity index is 666. The minimum absolute atomic E-state index is 0.0280. The summed E-state index contributed by atoms with van der Waals surface area (Å²) < 4.78 is 2.99. The molecular formula is C14H24N6O. The molecule has 7 heteroatoms. The number of aromatic nitrogens is 5. The number of aryl methyl sites for hydroxylation is 1. The highest BCUT2D eigenvalue weighted by atomic mass is 16.1. The first-order valence-corrected chi connectivity index (χ1v) is 7.33. The smallest absolute Gasteiger partial charge is 0.280 e. The van der Waals surface area contributed by atoms with Crippen molar-refractivity contribution < 1.29 is 0 Å². The molecule has 0 spiro atoms. The van der Waals surface area contributed by atoms with E-state index in [2.05, 4.69) is 48.4 Å². The average Bonchev–Trinajstić information content (AvgIpc) is 2.78. The summed E-state index contributed by atoms with van der Waals surface area (Å²) in [5.41, 5.74) is 0.408. The highest BCUT2D eigenvalue weighted by Crippen LogP contribution is 2.20. The van der Waals surface area contributed by atoms with Crippen LogP contribution in [0.1, 0.15) is 34.1 Å². The van der Waals surface area contributed by atoms with Crippen LogP contribution in [-0.2, 0) is 13.6 Å². The van der Waals surface area contributed by atoms with Crippen molar-refractivity contribution in [3.63, 3.8) is 0 Å². The van der Waals surface area contributed by atoms with Crippen molar-refractivity contribution in [2.75, 3.05) is 6.54 Å². The summed E-state index contributed by atoms with van der Waals surface area (Å²) in [6, 6.07) is 0.151. The fourth-order valence-electron chi connectivity index (χ4n) is 2.23. The molecule has 0 aromatic carbocycles. The Kier molecular flexibility index (Phi) is 4.41. The van der Waals surface area contributed by atoms with Crippen molar-refractivity contribution in [3.05, 3.63) is 16.6 Å². The first kappa shape index (κ1) is 15.6. The van der Waals surface area contributed by atoms with E-state index in [1.54, 1.807) is 17.9 Å². The maximum absolute atomic E-state index is 12.5.